The zero-order valence-corrected chi connectivity index (χ0v) is 12.9. The summed E-state index contributed by atoms with van der Waals surface area (Å²) in [6.07, 6.45) is 0.635. The van der Waals surface area contributed by atoms with Gasteiger partial charge in [0.25, 0.3) is 5.91 Å². The monoisotopic (exact) mass is 321 g/mol. The molecule has 0 unspecified atom stereocenters. The third-order valence-corrected chi connectivity index (χ3v) is 3.91. The van der Waals surface area contributed by atoms with Crippen LogP contribution in [0.1, 0.15) is 20.7 Å². The molecular weight excluding hydrogens is 306 g/mol. The van der Waals surface area contributed by atoms with E-state index >= 15 is 0 Å². The maximum absolute atomic E-state index is 12.2. The first-order chi connectivity index (χ1) is 11.5. The molecule has 5 heteroatoms. The van der Waals surface area contributed by atoms with Crippen molar-refractivity contribution < 1.29 is 19.8 Å². The number of phenolic OH excluding ortho intramolecular Hbond substituents is 2. The molecule has 0 spiro atoms. The fraction of sp³-hybridized carbons (Fsp3) is 0.0526. The summed E-state index contributed by atoms with van der Waals surface area (Å²) in [7, 11) is 1.50. The Kier molecular flexibility index (Phi) is 3.92. The number of aldehydes is 1. The van der Waals surface area contributed by atoms with E-state index in [-0.39, 0.29) is 28.5 Å². The first-order valence-corrected chi connectivity index (χ1v) is 7.31. The minimum atomic E-state index is -0.368. The molecule has 0 saturated heterocycles. The summed E-state index contributed by atoms with van der Waals surface area (Å²) < 4.78 is 0. The Hall–Kier alpha value is -3.34. The molecule has 0 aliphatic heterocycles. The lowest BCUT2D eigenvalue weighted by Gasteiger charge is -2.14. The van der Waals surface area contributed by atoms with Crippen LogP contribution in [0.5, 0.6) is 11.5 Å². The molecule has 0 saturated carbocycles. The summed E-state index contributed by atoms with van der Waals surface area (Å²) in [6.45, 7) is 0. The molecule has 0 aliphatic rings. The van der Waals surface area contributed by atoms with Gasteiger partial charge in [0.15, 0.2) is 6.29 Å². The van der Waals surface area contributed by atoms with Gasteiger partial charge < -0.3 is 15.5 Å². The van der Waals surface area contributed by atoms with Crippen LogP contribution in [0.4, 0.5) is 0 Å². The Morgan fingerprint density at radius 1 is 1.00 bits per heavy atom. The summed E-state index contributed by atoms with van der Waals surface area (Å²) in [6, 6.07) is 12.7. The van der Waals surface area contributed by atoms with E-state index < -0.39 is 0 Å². The van der Waals surface area contributed by atoms with Crippen molar-refractivity contribution >= 4 is 23.0 Å². The largest absolute Gasteiger partial charge is 0.508 e. The summed E-state index contributed by atoms with van der Waals surface area (Å²) in [4.78, 5) is 23.9. The molecule has 3 aromatic rings. The summed E-state index contributed by atoms with van der Waals surface area (Å²) in [5.74, 6) is -0.208. The fourth-order valence-corrected chi connectivity index (χ4v) is 2.78. The van der Waals surface area contributed by atoms with Gasteiger partial charge in [-0.2, -0.15) is 0 Å². The van der Waals surface area contributed by atoms with Crippen LogP contribution in [0.2, 0.25) is 0 Å². The fourth-order valence-electron chi connectivity index (χ4n) is 2.78. The Labute approximate surface area is 138 Å². The topological polar surface area (TPSA) is 86.6 Å². The normalized spacial score (nSPS) is 10.5. The van der Waals surface area contributed by atoms with E-state index in [0.29, 0.717) is 22.8 Å². The van der Waals surface area contributed by atoms with Crippen molar-refractivity contribution in [1.29, 1.82) is 0 Å². The Bertz CT molecular complexity index is 946. The second-order valence-electron chi connectivity index (χ2n) is 5.36. The lowest BCUT2D eigenvalue weighted by atomic mass is 9.89. The van der Waals surface area contributed by atoms with Crippen molar-refractivity contribution in [3.8, 4) is 22.6 Å². The Morgan fingerprint density at radius 2 is 1.67 bits per heavy atom. The molecular formula is C19H15NO4. The van der Waals surface area contributed by atoms with Crippen LogP contribution in [-0.4, -0.2) is 29.5 Å². The first kappa shape index (κ1) is 15.6. The number of nitrogens with one attached hydrogen (secondary N) is 1. The highest BCUT2D eigenvalue weighted by Crippen LogP contribution is 2.36. The zero-order chi connectivity index (χ0) is 17.3. The van der Waals surface area contributed by atoms with Gasteiger partial charge in [0, 0.05) is 18.2 Å². The van der Waals surface area contributed by atoms with E-state index in [9.17, 15) is 19.8 Å². The number of benzene rings is 3. The molecule has 0 fully saturated rings. The van der Waals surface area contributed by atoms with Crippen LogP contribution >= 0.6 is 0 Å². The number of phenols is 2. The van der Waals surface area contributed by atoms with Gasteiger partial charge in [0.1, 0.15) is 11.5 Å². The van der Waals surface area contributed by atoms with E-state index in [0.717, 1.165) is 5.39 Å². The van der Waals surface area contributed by atoms with Gasteiger partial charge in [0.05, 0.1) is 5.56 Å². The molecule has 0 aromatic heterocycles. The van der Waals surface area contributed by atoms with Crippen molar-refractivity contribution in [2.24, 2.45) is 0 Å². The quantitative estimate of drug-likeness (QED) is 0.647. The van der Waals surface area contributed by atoms with Gasteiger partial charge in [-0.05, 0) is 46.7 Å². The minimum absolute atomic E-state index is 0.0621. The Balaban J connectivity index is 2.46. The molecule has 5 nitrogen and oxygen atoms in total. The molecule has 120 valence electrons. The first-order valence-electron chi connectivity index (χ1n) is 7.31. The molecule has 3 rings (SSSR count). The van der Waals surface area contributed by atoms with Crippen molar-refractivity contribution in [2.75, 3.05) is 7.05 Å². The summed E-state index contributed by atoms with van der Waals surface area (Å²) >= 11 is 0. The van der Waals surface area contributed by atoms with E-state index in [4.69, 9.17) is 0 Å². The van der Waals surface area contributed by atoms with E-state index in [1.165, 1.54) is 25.2 Å². The van der Waals surface area contributed by atoms with Gasteiger partial charge in [-0.25, -0.2) is 0 Å². The number of rotatable bonds is 3. The molecule has 3 aromatic carbocycles. The minimum Gasteiger partial charge on any atom is -0.508 e. The molecule has 1 amide bonds. The van der Waals surface area contributed by atoms with E-state index in [1.807, 2.05) is 0 Å². The molecule has 0 bridgehead atoms. The average molecular weight is 321 g/mol. The molecule has 3 N–H and O–H groups in total. The van der Waals surface area contributed by atoms with Crippen molar-refractivity contribution in [3.63, 3.8) is 0 Å². The van der Waals surface area contributed by atoms with E-state index in [1.54, 1.807) is 30.3 Å². The average Bonchev–Trinajstić information content (AvgIpc) is 2.60. The number of fused-ring (bicyclic) bond motifs is 1. The standard InChI is InChI=1S/C19H15NO4/c1-20-19(24)16-8-12-4-7-14(23)9-15(12)18(17(16)10-21)11-2-5-13(22)6-3-11/h2-10,22-23H,1H3,(H,20,24). The predicted octanol–water partition coefficient (Wildman–Crippen LogP) is 3.09. The number of carbonyl (C=O) groups excluding carboxylic acids is 2. The molecule has 0 heterocycles. The van der Waals surface area contributed by atoms with Crippen molar-refractivity contribution in [1.82, 2.24) is 5.32 Å². The van der Waals surface area contributed by atoms with E-state index in [2.05, 4.69) is 5.32 Å². The van der Waals surface area contributed by atoms with Gasteiger partial charge in [-0.15, -0.1) is 0 Å². The van der Waals surface area contributed by atoms with Gasteiger partial charge in [-0.3, -0.25) is 9.59 Å². The van der Waals surface area contributed by atoms with Crippen LogP contribution in [-0.2, 0) is 0 Å². The second-order valence-corrected chi connectivity index (χ2v) is 5.36. The number of hydrogen-bond acceptors (Lipinski definition) is 4. The van der Waals surface area contributed by atoms with Crippen LogP contribution in [0.25, 0.3) is 21.9 Å². The number of amides is 1. The number of aromatic hydroxyl groups is 2. The van der Waals surface area contributed by atoms with Crippen LogP contribution < -0.4 is 5.32 Å². The number of carbonyl (C=O) groups is 2. The zero-order valence-electron chi connectivity index (χ0n) is 12.9. The molecule has 0 atom stereocenters. The maximum atomic E-state index is 12.2. The SMILES string of the molecule is CNC(=O)c1cc2ccc(O)cc2c(-c2ccc(O)cc2)c1C=O. The highest BCUT2D eigenvalue weighted by molar-refractivity contribution is 6.13. The van der Waals surface area contributed by atoms with Crippen molar-refractivity contribution in [3.05, 3.63) is 59.7 Å². The summed E-state index contributed by atoms with van der Waals surface area (Å²) in [5.41, 5.74) is 1.69. The second kappa shape index (κ2) is 6.04. The molecule has 24 heavy (non-hydrogen) atoms. The van der Waals surface area contributed by atoms with Crippen molar-refractivity contribution in [2.45, 2.75) is 0 Å². The third kappa shape index (κ3) is 2.56. The highest BCUT2D eigenvalue weighted by Gasteiger charge is 2.19. The smallest absolute Gasteiger partial charge is 0.251 e. The lowest BCUT2D eigenvalue weighted by Crippen LogP contribution is -2.20. The maximum Gasteiger partial charge on any atom is 0.251 e. The van der Waals surface area contributed by atoms with Gasteiger partial charge in [-0.1, -0.05) is 18.2 Å². The van der Waals surface area contributed by atoms with Crippen LogP contribution in [0, 0.1) is 0 Å². The predicted molar refractivity (Wildman–Crippen MR) is 91.5 cm³/mol. The lowest BCUT2D eigenvalue weighted by molar-refractivity contribution is 0.0957. The molecule has 0 aliphatic carbocycles. The third-order valence-electron chi connectivity index (χ3n) is 3.91. The van der Waals surface area contributed by atoms with Gasteiger partial charge >= 0.3 is 0 Å². The molecule has 0 radical (unpaired) electrons. The van der Waals surface area contributed by atoms with Crippen LogP contribution in [0.3, 0.4) is 0 Å². The van der Waals surface area contributed by atoms with Gasteiger partial charge in [0.2, 0.25) is 0 Å². The number of hydrogen-bond donors (Lipinski definition) is 3. The summed E-state index contributed by atoms with van der Waals surface area (Å²) in [5, 5.41) is 23.2. The highest BCUT2D eigenvalue weighted by atomic mass is 16.3. The van der Waals surface area contributed by atoms with Crippen LogP contribution in [0.15, 0.2) is 48.5 Å². The Morgan fingerprint density at radius 3 is 2.29 bits per heavy atom.